The molecular formula is C14H20N2O2S. The molecule has 1 rings (SSSR count). The minimum absolute atomic E-state index is 0.127. The molecular weight excluding hydrogens is 260 g/mol. The van der Waals surface area contributed by atoms with E-state index in [4.69, 9.17) is 5.14 Å². The van der Waals surface area contributed by atoms with Crippen molar-refractivity contribution in [1.29, 1.82) is 0 Å². The highest BCUT2D eigenvalue weighted by Crippen LogP contribution is 2.20. The molecule has 104 valence electrons. The topological polar surface area (TPSA) is 73.0 Å². The van der Waals surface area contributed by atoms with Gasteiger partial charge in [0, 0.05) is 11.8 Å². The summed E-state index contributed by atoms with van der Waals surface area (Å²) in [6.07, 6.45) is 9.66. The van der Waals surface area contributed by atoms with Crippen LogP contribution in [0.5, 0.6) is 0 Å². The average Bonchev–Trinajstić information content (AvgIpc) is 2.37. The Hall–Kier alpha value is -1.46. The fraction of sp³-hybridized carbons (Fsp3) is 0.357. The van der Waals surface area contributed by atoms with Gasteiger partial charge in [0.2, 0.25) is 0 Å². The van der Waals surface area contributed by atoms with E-state index in [1.54, 1.807) is 12.1 Å². The van der Waals surface area contributed by atoms with Gasteiger partial charge in [0.25, 0.3) is 10.0 Å². The summed E-state index contributed by atoms with van der Waals surface area (Å²) in [5.74, 6) is 0. The number of hydrogen-bond donors (Lipinski definition) is 1. The predicted molar refractivity (Wildman–Crippen MR) is 77.9 cm³/mol. The first-order valence-corrected chi connectivity index (χ1v) is 7.85. The summed E-state index contributed by atoms with van der Waals surface area (Å²) in [5, 5.41) is 5.01. The second-order valence-corrected chi connectivity index (χ2v) is 5.80. The lowest BCUT2D eigenvalue weighted by Gasteiger charge is -2.06. The molecule has 0 spiro atoms. The fourth-order valence-corrected chi connectivity index (χ4v) is 2.40. The van der Waals surface area contributed by atoms with Crippen LogP contribution in [0, 0.1) is 0 Å². The molecule has 0 aliphatic rings. The van der Waals surface area contributed by atoms with Gasteiger partial charge in [-0.1, -0.05) is 38.5 Å². The van der Waals surface area contributed by atoms with Crippen LogP contribution in [0.2, 0.25) is 0 Å². The molecule has 0 saturated heterocycles. The van der Waals surface area contributed by atoms with E-state index >= 15 is 0 Å². The molecule has 0 bridgehead atoms. The number of aromatic nitrogens is 1. The van der Waals surface area contributed by atoms with E-state index in [0.717, 1.165) is 12.8 Å². The molecule has 0 fully saturated rings. The predicted octanol–water partition coefficient (Wildman–Crippen LogP) is 2.88. The molecule has 1 aromatic heterocycles. The second kappa shape index (κ2) is 7.21. The number of allylic oxidation sites excluding steroid dienone is 3. The van der Waals surface area contributed by atoms with E-state index in [1.807, 2.05) is 12.2 Å². The van der Waals surface area contributed by atoms with E-state index in [2.05, 4.69) is 18.5 Å². The number of sulfonamides is 1. The Morgan fingerprint density at radius 3 is 2.84 bits per heavy atom. The van der Waals surface area contributed by atoms with E-state index in [-0.39, 0.29) is 5.03 Å². The summed E-state index contributed by atoms with van der Waals surface area (Å²) < 4.78 is 22.8. The first-order chi connectivity index (χ1) is 8.96. The fourth-order valence-electron chi connectivity index (χ4n) is 1.69. The molecule has 4 nitrogen and oxygen atoms in total. The summed E-state index contributed by atoms with van der Waals surface area (Å²) in [6.45, 7) is 6.02. The van der Waals surface area contributed by atoms with E-state index in [1.165, 1.54) is 19.0 Å². The van der Waals surface area contributed by atoms with Gasteiger partial charge in [-0.3, -0.25) is 0 Å². The van der Waals surface area contributed by atoms with Crippen molar-refractivity contribution < 1.29 is 8.42 Å². The van der Waals surface area contributed by atoms with Gasteiger partial charge in [0.15, 0.2) is 5.03 Å². The number of unbranched alkanes of at least 4 members (excludes halogenated alkanes) is 3. The average molecular weight is 280 g/mol. The van der Waals surface area contributed by atoms with Crippen LogP contribution in [-0.4, -0.2) is 13.4 Å². The van der Waals surface area contributed by atoms with Gasteiger partial charge in [-0.2, -0.15) is 0 Å². The van der Waals surface area contributed by atoms with E-state index in [0.29, 0.717) is 11.1 Å². The zero-order chi connectivity index (χ0) is 14.3. The van der Waals surface area contributed by atoms with Crippen LogP contribution in [-0.2, 0) is 10.0 Å². The van der Waals surface area contributed by atoms with Crippen LogP contribution in [0.1, 0.15) is 38.2 Å². The van der Waals surface area contributed by atoms with Crippen molar-refractivity contribution in [3.05, 3.63) is 42.6 Å². The van der Waals surface area contributed by atoms with Crippen LogP contribution in [0.4, 0.5) is 0 Å². The maximum Gasteiger partial charge on any atom is 0.256 e. The van der Waals surface area contributed by atoms with Crippen LogP contribution in [0.25, 0.3) is 5.57 Å². The van der Waals surface area contributed by atoms with Gasteiger partial charge in [0.05, 0.1) is 0 Å². The number of primary sulfonamides is 1. The number of nitrogens with zero attached hydrogens (tertiary/aromatic N) is 1. The van der Waals surface area contributed by atoms with Gasteiger partial charge in [0.1, 0.15) is 0 Å². The Labute approximate surface area is 115 Å². The molecule has 0 aliphatic heterocycles. The molecule has 19 heavy (non-hydrogen) atoms. The normalized spacial score (nSPS) is 11.9. The third-order valence-corrected chi connectivity index (χ3v) is 3.54. The minimum Gasteiger partial charge on any atom is -0.243 e. The number of nitrogens with two attached hydrogens (primary N) is 1. The second-order valence-electron chi connectivity index (χ2n) is 4.32. The molecule has 0 aromatic carbocycles. The van der Waals surface area contributed by atoms with Crippen molar-refractivity contribution in [1.82, 2.24) is 4.98 Å². The number of rotatable bonds is 7. The van der Waals surface area contributed by atoms with E-state index in [9.17, 15) is 8.42 Å². The highest BCUT2D eigenvalue weighted by molar-refractivity contribution is 7.89. The molecule has 5 heteroatoms. The summed E-state index contributed by atoms with van der Waals surface area (Å²) >= 11 is 0. The van der Waals surface area contributed by atoms with Crippen molar-refractivity contribution in [2.24, 2.45) is 5.14 Å². The van der Waals surface area contributed by atoms with Crippen molar-refractivity contribution in [3.8, 4) is 0 Å². The number of pyridine rings is 1. The Morgan fingerprint density at radius 2 is 2.21 bits per heavy atom. The van der Waals surface area contributed by atoms with Crippen molar-refractivity contribution in [3.63, 3.8) is 0 Å². The van der Waals surface area contributed by atoms with Crippen molar-refractivity contribution in [2.45, 2.75) is 37.6 Å². The highest BCUT2D eigenvalue weighted by atomic mass is 32.2. The van der Waals surface area contributed by atoms with Gasteiger partial charge in [-0.05, 0) is 30.5 Å². The molecule has 1 aromatic rings. The van der Waals surface area contributed by atoms with Gasteiger partial charge < -0.3 is 0 Å². The monoisotopic (exact) mass is 280 g/mol. The molecule has 1 heterocycles. The maximum atomic E-state index is 11.4. The van der Waals surface area contributed by atoms with Gasteiger partial charge >= 0.3 is 0 Å². The molecule has 0 unspecified atom stereocenters. The maximum absolute atomic E-state index is 11.4. The van der Waals surface area contributed by atoms with Crippen molar-refractivity contribution >= 4 is 15.6 Å². The molecule has 2 N–H and O–H groups in total. The van der Waals surface area contributed by atoms with Gasteiger partial charge in [-0.15, -0.1) is 0 Å². The standard InChI is InChI=1S/C14H20N2O2S/c1-3-4-5-6-7-9-12(2)13-10-8-11-16-14(13)19(15,17)18/h7-11H,2-6H2,1H3,(H2,15,17,18)/b9-7+. The Morgan fingerprint density at radius 1 is 1.47 bits per heavy atom. The summed E-state index contributed by atoms with van der Waals surface area (Å²) in [4.78, 5) is 3.82. The molecule has 0 atom stereocenters. The SMILES string of the molecule is C=C(/C=C/CCCCC)c1cccnc1S(N)(=O)=O. The first kappa shape index (κ1) is 15.6. The largest absolute Gasteiger partial charge is 0.256 e. The zero-order valence-electron chi connectivity index (χ0n) is 11.2. The summed E-state index contributed by atoms with van der Waals surface area (Å²) in [5.41, 5.74) is 1.06. The summed E-state index contributed by atoms with van der Waals surface area (Å²) in [7, 11) is -3.82. The first-order valence-electron chi connectivity index (χ1n) is 6.30. The summed E-state index contributed by atoms with van der Waals surface area (Å²) in [6, 6.07) is 3.32. The van der Waals surface area contributed by atoms with Crippen LogP contribution in [0.15, 0.2) is 42.1 Å². The van der Waals surface area contributed by atoms with Crippen LogP contribution in [0.3, 0.4) is 0 Å². The Balaban J connectivity index is 2.83. The molecule has 0 saturated carbocycles. The number of hydrogen-bond acceptors (Lipinski definition) is 3. The third kappa shape index (κ3) is 4.96. The quantitative estimate of drug-likeness (QED) is 0.616. The van der Waals surface area contributed by atoms with Gasteiger partial charge in [-0.25, -0.2) is 18.5 Å². The molecule has 0 aliphatic carbocycles. The van der Waals surface area contributed by atoms with Crippen LogP contribution >= 0.6 is 0 Å². The highest BCUT2D eigenvalue weighted by Gasteiger charge is 2.15. The smallest absolute Gasteiger partial charge is 0.243 e. The lowest BCUT2D eigenvalue weighted by atomic mass is 10.1. The van der Waals surface area contributed by atoms with E-state index < -0.39 is 10.0 Å². The lowest BCUT2D eigenvalue weighted by molar-refractivity contribution is 0.594. The third-order valence-electron chi connectivity index (χ3n) is 2.68. The van der Waals surface area contributed by atoms with Crippen LogP contribution < -0.4 is 5.14 Å². The Bertz CT molecular complexity index is 563. The lowest BCUT2D eigenvalue weighted by Crippen LogP contribution is -2.15. The molecule has 0 radical (unpaired) electrons. The Kier molecular flexibility index (Phi) is 5.92. The zero-order valence-corrected chi connectivity index (χ0v) is 12.0. The van der Waals surface area contributed by atoms with Crippen molar-refractivity contribution in [2.75, 3.05) is 0 Å². The molecule has 0 amide bonds. The minimum atomic E-state index is -3.82.